The van der Waals surface area contributed by atoms with Crippen LogP contribution < -0.4 is 11.2 Å². The molecule has 0 radical (unpaired) electrons. The van der Waals surface area contributed by atoms with Gasteiger partial charge in [-0.15, -0.1) is 11.8 Å². The van der Waals surface area contributed by atoms with Crippen molar-refractivity contribution in [3.05, 3.63) is 41.5 Å². The zero-order chi connectivity index (χ0) is 13.7. The second-order valence-corrected chi connectivity index (χ2v) is 4.43. The number of anilines is 1. The number of nitrogens with zero attached hydrogens (tertiary/aromatic N) is 2. The quantitative estimate of drug-likeness (QED) is 0.447. The third-order valence-electron chi connectivity index (χ3n) is 2.36. The highest BCUT2D eigenvalue weighted by Gasteiger charge is 2.17. The summed E-state index contributed by atoms with van der Waals surface area (Å²) in [7, 11) is 0. The summed E-state index contributed by atoms with van der Waals surface area (Å²) >= 11 is 1.34. The van der Waals surface area contributed by atoms with Gasteiger partial charge in [-0.05, 0) is 11.8 Å². The number of nitrogens with one attached hydrogen (secondary N) is 2. The van der Waals surface area contributed by atoms with E-state index in [1.807, 2.05) is 36.6 Å². The van der Waals surface area contributed by atoms with Gasteiger partial charge >= 0.3 is 0 Å². The number of hydrogen-bond acceptors (Lipinski definition) is 5. The van der Waals surface area contributed by atoms with Gasteiger partial charge < -0.3 is 5.73 Å². The summed E-state index contributed by atoms with van der Waals surface area (Å²) in [6, 6.07) is 9.46. The van der Waals surface area contributed by atoms with Crippen LogP contribution in [0.4, 0.5) is 5.82 Å². The molecule has 0 aliphatic carbocycles. The number of carbonyl (C=O) groups is 1. The van der Waals surface area contributed by atoms with E-state index < -0.39 is 0 Å². The fourth-order valence-electron chi connectivity index (χ4n) is 1.47. The van der Waals surface area contributed by atoms with Gasteiger partial charge in [0.25, 0.3) is 5.91 Å². The summed E-state index contributed by atoms with van der Waals surface area (Å²) in [6.07, 6.45) is 3.38. The van der Waals surface area contributed by atoms with Crippen LogP contribution in [0.5, 0.6) is 0 Å². The number of hydrogen-bond donors (Lipinski definition) is 3. The van der Waals surface area contributed by atoms with Gasteiger partial charge in [0, 0.05) is 0 Å². The Kier molecular flexibility index (Phi) is 4.19. The monoisotopic (exact) mass is 275 g/mol. The maximum atomic E-state index is 11.9. The van der Waals surface area contributed by atoms with Crippen LogP contribution in [0, 0.1) is 0 Å². The average Bonchev–Trinajstić information content (AvgIpc) is 2.81. The van der Waals surface area contributed by atoms with Crippen molar-refractivity contribution in [3.63, 3.8) is 0 Å². The number of nitrogen functional groups attached to an aromatic ring is 1. The van der Waals surface area contributed by atoms with Crippen molar-refractivity contribution >= 4 is 29.7 Å². The first-order valence-corrected chi connectivity index (χ1v) is 6.71. The third kappa shape index (κ3) is 3.14. The first kappa shape index (κ1) is 13.2. The van der Waals surface area contributed by atoms with Gasteiger partial charge in [0.15, 0.2) is 0 Å². The molecule has 6 nitrogen and oxygen atoms in total. The van der Waals surface area contributed by atoms with Crippen molar-refractivity contribution in [1.82, 2.24) is 15.6 Å². The third-order valence-corrected chi connectivity index (χ3v) is 3.04. The van der Waals surface area contributed by atoms with E-state index in [-0.39, 0.29) is 11.7 Å². The van der Waals surface area contributed by atoms with E-state index in [0.29, 0.717) is 10.6 Å². The first-order chi connectivity index (χ1) is 9.22. The van der Waals surface area contributed by atoms with Gasteiger partial charge in [0.2, 0.25) is 0 Å². The van der Waals surface area contributed by atoms with Crippen molar-refractivity contribution in [2.45, 2.75) is 5.03 Å². The van der Waals surface area contributed by atoms with Crippen LogP contribution in [0.3, 0.4) is 0 Å². The number of H-pyrrole nitrogens is 1. The van der Waals surface area contributed by atoms with E-state index in [0.717, 1.165) is 5.56 Å². The van der Waals surface area contributed by atoms with Crippen LogP contribution in [-0.2, 0) is 0 Å². The van der Waals surface area contributed by atoms with Crippen LogP contribution in [-0.4, -0.2) is 28.6 Å². The highest BCUT2D eigenvalue weighted by atomic mass is 32.2. The molecule has 0 unspecified atom stereocenters. The zero-order valence-electron chi connectivity index (χ0n) is 10.3. The number of aromatic nitrogens is 2. The minimum Gasteiger partial charge on any atom is -0.383 e. The molecule has 0 fully saturated rings. The van der Waals surface area contributed by atoms with E-state index >= 15 is 0 Å². The van der Waals surface area contributed by atoms with Crippen LogP contribution in [0.1, 0.15) is 15.9 Å². The lowest BCUT2D eigenvalue weighted by atomic mass is 10.2. The fraction of sp³-hybridized carbons (Fsp3) is 0.0833. The number of rotatable bonds is 4. The molecule has 4 N–H and O–H groups in total. The molecule has 1 aromatic carbocycles. The van der Waals surface area contributed by atoms with E-state index in [4.69, 9.17) is 5.73 Å². The Labute approximate surface area is 114 Å². The Morgan fingerprint density at radius 2 is 2.21 bits per heavy atom. The van der Waals surface area contributed by atoms with Gasteiger partial charge in [0.1, 0.15) is 16.4 Å². The van der Waals surface area contributed by atoms with Crippen LogP contribution in [0.15, 0.2) is 40.5 Å². The lowest BCUT2D eigenvalue weighted by Gasteiger charge is -1.99. The Morgan fingerprint density at radius 3 is 2.89 bits per heavy atom. The number of hydrazone groups is 1. The molecule has 0 spiro atoms. The molecule has 1 aromatic heterocycles. The maximum absolute atomic E-state index is 11.9. The number of carbonyl (C=O) groups excluding carboxylic acids is 1. The van der Waals surface area contributed by atoms with Gasteiger partial charge in [-0.1, -0.05) is 30.3 Å². The van der Waals surface area contributed by atoms with Crippen molar-refractivity contribution in [2.24, 2.45) is 5.10 Å². The molecular weight excluding hydrogens is 262 g/mol. The van der Waals surface area contributed by atoms with Gasteiger partial charge in [0.05, 0.1) is 6.21 Å². The first-order valence-electron chi connectivity index (χ1n) is 5.48. The fourth-order valence-corrected chi connectivity index (χ4v) is 2.01. The lowest BCUT2D eigenvalue weighted by molar-refractivity contribution is 0.0953. The molecule has 2 rings (SSSR count). The van der Waals surface area contributed by atoms with Gasteiger partial charge in [-0.2, -0.15) is 10.2 Å². The molecule has 0 aliphatic rings. The largest absolute Gasteiger partial charge is 0.383 e. The van der Waals surface area contributed by atoms with E-state index in [9.17, 15) is 4.79 Å². The molecular formula is C12H13N5OS. The smallest absolute Gasteiger partial charge is 0.277 e. The molecule has 0 saturated carbocycles. The normalized spacial score (nSPS) is 10.8. The number of thioether (sulfide) groups is 1. The SMILES string of the molecule is CSc1n[nH]c(N)c1C(=O)N/N=C/c1ccccc1. The predicted molar refractivity (Wildman–Crippen MR) is 76.3 cm³/mol. The summed E-state index contributed by atoms with van der Waals surface area (Å²) < 4.78 is 0. The molecule has 1 heterocycles. The minimum atomic E-state index is -0.386. The summed E-state index contributed by atoms with van der Waals surface area (Å²) in [5, 5.41) is 10.9. The second kappa shape index (κ2) is 6.05. The Balaban J connectivity index is 2.06. The second-order valence-electron chi connectivity index (χ2n) is 3.63. The van der Waals surface area contributed by atoms with E-state index in [1.165, 1.54) is 11.8 Å². The number of aromatic amines is 1. The molecule has 0 aliphatic heterocycles. The van der Waals surface area contributed by atoms with E-state index in [2.05, 4.69) is 20.7 Å². The lowest BCUT2D eigenvalue weighted by Crippen LogP contribution is -2.19. The Hall–Kier alpha value is -2.28. The number of nitrogens with two attached hydrogens (primary N) is 1. The van der Waals surface area contributed by atoms with Crippen LogP contribution in [0.2, 0.25) is 0 Å². The highest BCUT2D eigenvalue weighted by molar-refractivity contribution is 7.98. The molecule has 0 saturated heterocycles. The average molecular weight is 275 g/mol. The van der Waals surface area contributed by atoms with Gasteiger partial charge in [-0.25, -0.2) is 5.43 Å². The topological polar surface area (TPSA) is 96.2 Å². The van der Waals surface area contributed by atoms with Crippen molar-refractivity contribution in [2.75, 3.05) is 12.0 Å². The number of amides is 1. The predicted octanol–water partition coefficient (Wildman–Crippen LogP) is 1.48. The van der Waals surface area contributed by atoms with Crippen molar-refractivity contribution in [1.29, 1.82) is 0 Å². The molecule has 0 bridgehead atoms. The van der Waals surface area contributed by atoms with Gasteiger partial charge in [-0.3, -0.25) is 9.89 Å². The van der Waals surface area contributed by atoms with Crippen LogP contribution >= 0.6 is 11.8 Å². The Morgan fingerprint density at radius 1 is 1.47 bits per heavy atom. The van der Waals surface area contributed by atoms with Crippen molar-refractivity contribution in [3.8, 4) is 0 Å². The summed E-state index contributed by atoms with van der Waals surface area (Å²) in [6.45, 7) is 0. The molecule has 19 heavy (non-hydrogen) atoms. The van der Waals surface area contributed by atoms with Crippen LogP contribution in [0.25, 0.3) is 0 Å². The summed E-state index contributed by atoms with van der Waals surface area (Å²) in [5.74, 6) is -0.153. The van der Waals surface area contributed by atoms with E-state index in [1.54, 1.807) is 6.21 Å². The standard InChI is InChI=1S/C12H13N5OS/c1-19-12-9(10(13)15-17-12)11(18)16-14-7-8-5-3-2-4-6-8/h2-7H,1H3,(H,16,18)(H3,13,15,17)/b14-7+. The summed E-state index contributed by atoms with van der Waals surface area (Å²) in [5.41, 5.74) is 9.30. The molecule has 1 amide bonds. The molecule has 98 valence electrons. The number of benzene rings is 1. The maximum Gasteiger partial charge on any atom is 0.277 e. The van der Waals surface area contributed by atoms with Crippen molar-refractivity contribution < 1.29 is 4.79 Å². The Bertz CT molecular complexity index is 593. The minimum absolute atomic E-state index is 0.233. The summed E-state index contributed by atoms with van der Waals surface area (Å²) in [4.78, 5) is 11.9. The highest BCUT2D eigenvalue weighted by Crippen LogP contribution is 2.21. The molecule has 2 aromatic rings. The molecule has 7 heteroatoms. The molecule has 0 atom stereocenters. The zero-order valence-corrected chi connectivity index (χ0v) is 11.1.